The molecule has 3 nitrogen and oxygen atoms in total. The van der Waals surface area contributed by atoms with Crippen LogP contribution in [0.1, 0.15) is 26.3 Å². The Morgan fingerprint density at radius 1 is 1.27 bits per heavy atom. The number of nitriles is 1. The minimum Gasteiger partial charge on any atom is -0.347 e. The van der Waals surface area contributed by atoms with Gasteiger partial charge in [-0.1, -0.05) is 32.0 Å². The van der Waals surface area contributed by atoms with Crippen LogP contribution in [-0.4, -0.2) is 12.8 Å². The lowest BCUT2D eigenvalue weighted by molar-refractivity contribution is 0.640. The number of hydrogen-bond donors (Lipinski definition) is 1. The smallest absolute Gasteiger partial charge is 0.0991 e. The number of fused-ring (bicyclic) bond motifs is 1. The maximum atomic E-state index is 9.20. The second kappa shape index (κ2) is 6.03. The highest BCUT2D eigenvalue weighted by atomic mass is 15.2. The Labute approximate surface area is 132 Å². The Bertz CT molecular complexity index is 727. The van der Waals surface area contributed by atoms with Gasteiger partial charge in [-0.3, -0.25) is 0 Å². The topological polar surface area (TPSA) is 50.9 Å². The number of rotatable bonds is 3. The molecule has 1 aliphatic heterocycles. The van der Waals surface area contributed by atoms with Gasteiger partial charge in [0.2, 0.25) is 0 Å². The minimum absolute atomic E-state index is 0.0937. The highest BCUT2D eigenvalue weighted by Crippen LogP contribution is 2.46. The molecule has 1 aliphatic rings. The minimum atomic E-state index is -0.0937. The van der Waals surface area contributed by atoms with Crippen molar-refractivity contribution in [2.24, 2.45) is 0 Å². The number of allylic oxidation sites excluding steroid dienone is 6. The van der Waals surface area contributed by atoms with Crippen LogP contribution in [0.15, 0.2) is 59.8 Å². The quantitative estimate of drug-likeness (QED) is 0.511. The molecule has 0 radical (unpaired) electrons. The molecule has 0 unspecified atom stereocenters. The number of para-hydroxylation sites is 1. The normalized spacial score (nSPS) is 18.6. The lowest BCUT2D eigenvalue weighted by Crippen LogP contribution is -2.22. The third kappa shape index (κ3) is 2.87. The van der Waals surface area contributed by atoms with E-state index in [0.29, 0.717) is 11.3 Å². The SMILES string of the molecule is CC(=N)/C=C/C(C#N)=C\C=C1/N(C)c2ccccc2C1(C)C. The molecule has 2 rings (SSSR count). The lowest BCUT2D eigenvalue weighted by Gasteiger charge is -2.23. The lowest BCUT2D eigenvalue weighted by atomic mass is 9.83. The molecule has 1 aromatic carbocycles. The van der Waals surface area contributed by atoms with Gasteiger partial charge in [0.05, 0.1) is 11.6 Å². The van der Waals surface area contributed by atoms with Gasteiger partial charge in [-0.2, -0.15) is 5.26 Å². The van der Waals surface area contributed by atoms with Gasteiger partial charge in [0.1, 0.15) is 0 Å². The van der Waals surface area contributed by atoms with Crippen LogP contribution in [0.3, 0.4) is 0 Å². The second-order valence-corrected chi connectivity index (χ2v) is 6.00. The predicted octanol–water partition coefficient (Wildman–Crippen LogP) is 4.34. The maximum Gasteiger partial charge on any atom is 0.0991 e. The van der Waals surface area contributed by atoms with Crippen LogP contribution in [0, 0.1) is 16.7 Å². The van der Waals surface area contributed by atoms with Crippen LogP contribution in [0.25, 0.3) is 0 Å². The second-order valence-electron chi connectivity index (χ2n) is 6.00. The van der Waals surface area contributed by atoms with Gasteiger partial charge in [-0.05, 0) is 42.9 Å². The van der Waals surface area contributed by atoms with E-state index in [-0.39, 0.29) is 5.41 Å². The molecular formula is C19H21N3. The van der Waals surface area contributed by atoms with Crippen molar-refractivity contribution in [3.05, 3.63) is 65.4 Å². The molecule has 22 heavy (non-hydrogen) atoms. The Hall–Kier alpha value is -2.60. The molecule has 0 saturated carbocycles. The van der Waals surface area contributed by atoms with E-state index in [9.17, 15) is 5.26 Å². The molecule has 0 amide bonds. The van der Waals surface area contributed by atoms with E-state index < -0.39 is 0 Å². The Morgan fingerprint density at radius 2 is 1.95 bits per heavy atom. The summed E-state index contributed by atoms with van der Waals surface area (Å²) in [7, 11) is 2.05. The number of nitrogens with zero attached hydrogens (tertiary/aromatic N) is 2. The molecule has 0 saturated heterocycles. The molecule has 0 atom stereocenters. The molecule has 0 spiro atoms. The largest absolute Gasteiger partial charge is 0.347 e. The van der Waals surface area contributed by atoms with E-state index in [1.54, 1.807) is 19.1 Å². The first-order valence-electron chi connectivity index (χ1n) is 7.27. The third-order valence-corrected chi connectivity index (χ3v) is 4.00. The van der Waals surface area contributed by atoms with Gasteiger partial charge < -0.3 is 10.3 Å². The van der Waals surface area contributed by atoms with Crippen LogP contribution in [0.2, 0.25) is 0 Å². The number of anilines is 1. The summed E-state index contributed by atoms with van der Waals surface area (Å²) in [5.74, 6) is 0. The summed E-state index contributed by atoms with van der Waals surface area (Å²) in [5.41, 5.74) is 4.53. The van der Waals surface area contributed by atoms with Gasteiger partial charge >= 0.3 is 0 Å². The summed E-state index contributed by atoms with van der Waals surface area (Å²) < 4.78 is 0. The van der Waals surface area contributed by atoms with E-state index in [1.165, 1.54) is 11.3 Å². The van der Waals surface area contributed by atoms with Gasteiger partial charge in [-0.15, -0.1) is 0 Å². The summed E-state index contributed by atoms with van der Waals surface area (Å²) in [4.78, 5) is 2.17. The fourth-order valence-corrected chi connectivity index (χ4v) is 2.82. The number of likely N-dealkylation sites (N-methyl/N-ethyl adjacent to an activating group) is 1. The zero-order valence-corrected chi connectivity index (χ0v) is 13.5. The summed E-state index contributed by atoms with van der Waals surface area (Å²) in [6, 6.07) is 10.5. The van der Waals surface area contributed by atoms with Crippen LogP contribution in [0.5, 0.6) is 0 Å². The van der Waals surface area contributed by atoms with E-state index in [1.807, 2.05) is 18.2 Å². The summed E-state index contributed by atoms with van der Waals surface area (Å²) in [6.45, 7) is 6.08. The van der Waals surface area contributed by atoms with Crippen LogP contribution in [-0.2, 0) is 5.41 Å². The summed E-state index contributed by atoms with van der Waals surface area (Å²) in [5, 5.41) is 16.6. The molecule has 1 aromatic rings. The van der Waals surface area contributed by atoms with Gasteiger partial charge in [0.15, 0.2) is 0 Å². The van der Waals surface area contributed by atoms with Crippen LogP contribution < -0.4 is 4.90 Å². The Morgan fingerprint density at radius 3 is 2.55 bits per heavy atom. The summed E-state index contributed by atoms with van der Waals surface area (Å²) >= 11 is 0. The average molecular weight is 291 g/mol. The molecular weight excluding hydrogens is 270 g/mol. The van der Waals surface area contributed by atoms with E-state index >= 15 is 0 Å². The van der Waals surface area contributed by atoms with Crippen molar-refractivity contribution < 1.29 is 0 Å². The van der Waals surface area contributed by atoms with Crippen molar-refractivity contribution in [2.45, 2.75) is 26.2 Å². The number of hydrogen-bond acceptors (Lipinski definition) is 3. The summed E-state index contributed by atoms with van der Waals surface area (Å²) in [6.07, 6.45) is 7.13. The van der Waals surface area contributed by atoms with Crippen molar-refractivity contribution in [3.8, 4) is 6.07 Å². The number of benzene rings is 1. The van der Waals surface area contributed by atoms with Crippen LogP contribution >= 0.6 is 0 Å². The van der Waals surface area contributed by atoms with Gasteiger partial charge in [-0.25, -0.2) is 0 Å². The number of nitrogens with one attached hydrogen (secondary N) is 1. The van der Waals surface area contributed by atoms with E-state index in [0.717, 1.165) is 5.70 Å². The Kier molecular flexibility index (Phi) is 4.32. The molecule has 1 heterocycles. The predicted molar refractivity (Wildman–Crippen MR) is 92.2 cm³/mol. The van der Waals surface area contributed by atoms with Crippen molar-refractivity contribution in [3.63, 3.8) is 0 Å². The van der Waals surface area contributed by atoms with Gasteiger partial charge in [0, 0.05) is 29.6 Å². The average Bonchev–Trinajstić information content (AvgIpc) is 2.68. The van der Waals surface area contributed by atoms with Gasteiger partial charge in [0.25, 0.3) is 0 Å². The third-order valence-electron chi connectivity index (χ3n) is 4.00. The first kappa shape index (κ1) is 15.8. The first-order chi connectivity index (χ1) is 10.4. The van der Waals surface area contributed by atoms with Crippen molar-refractivity contribution >= 4 is 11.4 Å². The molecule has 0 fully saturated rings. The highest BCUT2D eigenvalue weighted by molar-refractivity contribution is 5.90. The van der Waals surface area contributed by atoms with Crippen molar-refractivity contribution in [1.29, 1.82) is 10.7 Å². The fraction of sp³-hybridized carbons (Fsp3) is 0.263. The van der Waals surface area contributed by atoms with Crippen molar-refractivity contribution in [2.75, 3.05) is 11.9 Å². The molecule has 0 aliphatic carbocycles. The zero-order chi connectivity index (χ0) is 16.3. The molecule has 112 valence electrons. The molecule has 0 bridgehead atoms. The fourth-order valence-electron chi connectivity index (χ4n) is 2.82. The molecule has 1 N–H and O–H groups in total. The van der Waals surface area contributed by atoms with E-state index in [2.05, 4.69) is 50.1 Å². The Balaban J connectivity index is 2.41. The molecule has 0 aromatic heterocycles. The van der Waals surface area contributed by atoms with Crippen LogP contribution in [0.4, 0.5) is 5.69 Å². The monoisotopic (exact) mass is 291 g/mol. The maximum absolute atomic E-state index is 9.20. The first-order valence-corrected chi connectivity index (χ1v) is 7.27. The molecule has 3 heteroatoms. The highest BCUT2D eigenvalue weighted by Gasteiger charge is 2.37. The van der Waals surface area contributed by atoms with E-state index in [4.69, 9.17) is 5.41 Å². The van der Waals surface area contributed by atoms with Crippen molar-refractivity contribution in [1.82, 2.24) is 0 Å². The zero-order valence-electron chi connectivity index (χ0n) is 13.5. The standard InChI is InChI=1S/C19H21N3/c1-14(21)9-10-15(13-20)11-12-18-19(2,3)16-7-5-6-8-17(16)22(18)4/h5-12,21H,1-4H3/b10-9+,15-11+,18-12-,21-14?.